The van der Waals surface area contributed by atoms with E-state index in [9.17, 15) is 4.39 Å². The average molecular weight is 396 g/mol. The van der Waals surface area contributed by atoms with Gasteiger partial charge < -0.3 is 19.5 Å². The molecular weight excluding hydrogens is 375 g/mol. The van der Waals surface area contributed by atoms with Crippen LogP contribution in [0.4, 0.5) is 4.39 Å². The van der Waals surface area contributed by atoms with E-state index in [4.69, 9.17) is 17.0 Å². The highest BCUT2D eigenvalue weighted by Crippen LogP contribution is 2.39. The quantitative estimate of drug-likeness (QED) is 0.645. The topological polar surface area (TPSA) is 42.3 Å². The van der Waals surface area contributed by atoms with Crippen molar-refractivity contribution in [3.63, 3.8) is 0 Å². The Hall–Kier alpha value is -2.77. The van der Waals surface area contributed by atoms with Gasteiger partial charge in [-0.15, -0.1) is 0 Å². The highest BCUT2D eigenvalue weighted by molar-refractivity contribution is 7.80. The van der Waals surface area contributed by atoms with E-state index in [1.807, 2.05) is 47.2 Å². The minimum atomic E-state index is -0.269. The Labute approximate surface area is 168 Å². The van der Waals surface area contributed by atoms with Crippen LogP contribution in [0.15, 0.2) is 67.0 Å². The van der Waals surface area contributed by atoms with Crippen molar-refractivity contribution in [2.24, 2.45) is 0 Å². The van der Waals surface area contributed by atoms with Crippen molar-refractivity contribution in [1.29, 1.82) is 0 Å². The Morgan fingerprint density at radius 1 is 1.18 bits per heavy atom. The highest BCUT2D eigenvalue weighted by Gasteiger charge is 2.41. The van der Waals surface area contributed by atoms with Crippen LogP contribution in [0, 0.1) is 5.82 Å². The molecule has 0 radical (unpaired) electrons. The smallest absolute Gasteiger partial charge is 0.170 e. The molecule has 5 nitrogen and oxygen atoms in total. The Balaban J connectivity index is 1.79. The fourth-order valence-electron chi connectivity index (χ4n) is 3.65. The number of rotatable bonds is 6. The lowest BCUT2D eigenvalue weighted by atomic mass is 10.0. The van der Waals surface area contributed by atoms with Crippen molar-refractivity contribution in [3.05, 3.63) is 84.2 Å². The molecule has 1 N–H and O–H groups in total. The van der Waals surface area contributed by atoms with Crippen LogP contribution in [0.1, 0.15) is 23.5 Å². The highest BCUT2D eigenvalue weighted by atomic mass is 32.1. The number of hydrogen-bond donors (Lipinski definition) is 1. The lowest BCUT2D eigenvalue weighted by molar-refractivity contribution is 0.163. The third kappa shape index (κ3) is 3.50. The first-order valence-electron chi connectivity index (χ1n) is 9.09. The summed E-state index contributed by atoms with van der Waals surface area (Å²) in [5, 5.41) is 4.07. The van der Waals surface area contributed by atoms with E-state index in [-0.39, 0.29) is 17.9 Å². The van der Waals surface area contributed by atoms with Gasteiger partial charge in [0.05, 0.1) is 24.4 Å². The van der Waals surface area contributed by atoms with Gasteiger partial charge in [-0.1, -0.05) is 12.1 Å². The number of nitrogens with zero attached hydrogens (tertiary/aromatic N) is 3. The van der Waals surface area contributed by atoms with Gasteiger partial charge in [-0.25, -0.2) is 4.39 Å². The number of ether oxygens (including phenoxy) is 1. The fraction of sp³-hybridized carbons (Fsp3) is 0.238. The minimum Gasteiger partial charge on any atom is -0.383 e. The van der Waals surface area contributed by atoms with Crippen LogP contribution >= 0.6 is 12.2 Å². The van der Waals surface area contributed by atoms with Crippen molar-refractivity contribution in [2.45, 2.75) is 12.1 Å². The zero-order valence-corrected chi connectivity index (χ0v) is 16.3. The third-order valence-corrected chi connectivity index (χ3v) is 5.26. The molecule has 144 valence electrons. The maximum Gasteiger partial charge on any atom is 0.170 e. The maximum absolute atomic E-state index is 13.8. The molecule has 2 atom stereocenters. The number of benzene rings is 1. The van der Waals surface area contributed by atoms with Crippen molar-refractivity contribution < 1.29 is 9.13 Å². The number of pyridine rings is 1. The first-order chi connectivity index (χ1) is 13.7. The van der Waals surface area contributed by atoms with Gasteiger partial charge in [0.25, 0.3) is 0 Å². The number of nitrogens with one attached hydrogen (secondary N) is 1. The SMILES string of the molecule is COCCN1C(=S)N[C@H](c2ccccn2)[C@H]1c1cccn1-c1cccc(F)c1. The van der Waals surface area contributed by atoms with Crippen molar-refractivity contribution >= 4 is 17.3 Å². The molecule has 1 aromatic carbocycles. The van der Waals surface area contributed by atoms with Crippen molar-refractivity contribution in [3.8, 4) is 5.69 Å². The summed E-state index contributed by atoms with van der Waals surface area (Å²) in [4.78, 5) is 6.65. The molecule has 0 spiro atoms. The van der Waals surface area contributed by atoms with E-state index in [1.165, 1.54) is 12.1 Å². The molecule has 4 rings (SSSR count). The summed E-state index contributed by atoms with van der Waals surface area (Å²) < 4.78 is 21.1. The fourth-order valence-corrected chi connectivity index (χ4v) is 3.99. The van der Waals surface area contributed by atoms with Crippen LogP contribution in [0.3, 0.4) is 0 Å². The second-order valence-corrected chi connectivity index (χ2v) is 6.98. The second-order valence-electron chi connectivity index (χ2n) is 6.60. The van der Waals surface area contributed by atoms with Gasteiger partial charge in [0.15, 0.2) is 5.11 Å². The Morgan fingerprint density at radius 2 is 2.07 bits per heavy atom. The molecule has 1 saturated heterocycles. The first kappa shape index (κ1) is 18.6. The largest absolute Gasteiger partial charge is 0.383 e. The molecule has 3 heterocycles. The molecule has 0 bridgehead atoms. The van der Waals surface area contributed by atoms with E-state index < -0.39 is 0 Å². The van der Waals surface area contributed by atoms with Crippen molar-refractivity contribution in [1.82, 2.24) is 19.8 Å². The Bertz CT molecular complexity index is 962. The van der Waals surface area contributed by atoms with Gasteiger partial charge in [0.2, 0.25) is 0 Å². The lowest BCUT2D eigenvalue weighted by Gasteiger charge is -2.28. The number of halogens is 1. The molecule has 1 fully saturated rings. The molecule has 0 saturated carbocycles. The van der Waals surface area contributed by atoms with E-state index in [0.29, 0.717) is 18.3 Å². The Morgan fingerprint density at radius 3 is 2.82 bits per heavy atom. The zero-order chi connectivity index (χ0) is 19.5. The monoisotopic (exact) mass is 396 g/mol. The zero-order valence-electron chi connectivity index (χ0n) is 15.5. The van der Waals surface area contributed by atoms with Gasteiger partial charge in [-0.05, 0) is 54.7 Å². The van der Waals surface area contributed by atoms with Crippen LogP contribution in [-0.2, 0) is 4.74 Å². The molecular formula is C21H21FN4OS. The van der Waals surface area contributed by atoms with E-state index in [1.54, 1.807) is 19.4 Å². The molecule has 28 heavy (non-hydrogen) atoms. The summed E-state index contributed by atoms with van der Waals surface area (Å²) in [6.07, 6.45) is 3.72. The third-order valence-electron chi connectivity index (χ3n) is 4.90. The summed E-state index contributed by atoms with van der Waals surface area (Å²) in [6.45, 7) is 1.19. The van der Waals surface area contributed by atoms with E-state index in [0.717, 1.165) is 17.1 Å². The van der Waals surface area contributed by atoms with E-state index in [2.05, 4.69) is 15.2 Å². The molecule has 0 amide bonds. The molecule has 0 unspecified atom stereocenters. The molecule has 3 aromatic rings. The summed E-state index contributed by atoms with van der Waals surface area (Å²) in [5.41, 5.74) is 2.68. The van der Waals surface area contributed by atoms with Gasteiger partial charge >= 0.3 is 0 Å². The number of aromatic nitrogens is 2. The molecule has 2 aromatic heterocycles. The predicted octanol–water partition coefficient (Wildman–Crippen LogP) is 3.63. The van der Waals surface area contributed by atoms with Crippen LogP contribution < -0.4 is 5.32 Å². The normalized spacial score (nSPS) is 19.1. The average Bonchev–Trinajstić information content (AvgIpc) is 3.31. The van der Waals surface area contributed by atoms with Gasteiger partial charge in [-0.3, -0.25) is 4.98 Å². The number of methoxy groups -OCH3 is 1. The lowest BCUT2D eigenvalue weighted by Crippen LogP contribution is -2.33. The van der Waals surface area contributed by atoms with Crippen LogP contribution in [0.5, 0.6) is 0 Å². The van der Waals surface area contributed by atoms with Crippen LogP contribution in [0.2, 0.25) is 0 Å². The summed E-state index contributed by atoms with van der Waals surface area (Å²) in [7, 11) is 1.67. The van der Waals surface area contributed by atoms with Gasteiger partial charge in [-0.2, -0.15) is 0 Å². The second kappa shape index (κ2) is 8.08. The van der Waals surface area contributed by atoms with Gasteiger partial charge in [0, 0.05) is 37.4 Å². The number of hydrogen-bond acceptors (Lipinski definition) is 3. The molecule has 1 aliphatic heterocycles. The standard InChI is InChI=1S/C21H21FN4OS/c1-27-13-12-26-20(19(24-21(26)28)17-8-2-3-10-23-17)18-9-5-11-25(18)16-7-4-6-15(22)14-16/h2-11,14,19-20H,12-13H2,1H3,(H,24,28)/t19-,20-/m1/s1. The first-order valence-corrected chi connectivity index (χ1v) is 9.50. The summed E-state index contributed by atoms with van der Waals surface area (Å²) >= 11 is 5.62. The molecule has 7 heteroatoms. The van der Waals surface area contributed by atoms with Crippen LogP contribution in [0.25, 0.3) is 5.69 Å². The minimum absolute atomic E-state index is 0.101. The summed E-state index contributed by atoms with van der Waals surface area (Å²) in [6, 6.07) is 16.2. The number of thiocarbonyl (C=S) groups is 1. The van der Waals surface area contributed by atoms with Gasteiger partial charge in [0.1, 0.15) is 5.82 Å². The Kier molecular flexibility index (Phi) is 5.36. The van der Waals surface area contributed by atoms with E-state index >= 15 is 0 Å². The maximum atomic E-state index is 13.8. The molecule has 1 aliphatic rings. The summed E-state index contributed by atoms with van der Waals surface area (Å²) in [5.74, 6) is -0.269. The van der Waals surface area contributed by atoms with Crippen LogP contribution in [-0.4, -0.2) is 39.8 Å². The molecule has 0 aliphatic carbocycles. The van der Waals surface area contributed by atoms with Crippen molar-refractivity contribution in [2.75, 3.05) is 20.3 Å². The predicted molar refractivity (Wildman–Crippen MR) is 110 cm³/mol.